The normalized spacial score (nSPS) is 14.3. The van der Waals surface area contributed by atoms with Crippen LogP contribution in [0.2, 0.25) is 0 Å². The van der Waals surface area contributed by atoms with Gasteiger partial charge in [0.05, 0.1) is 0 Å². The predicted octanol–water partition coefficient (Wildman–Crippen LogP) is 3.54. The number of hydrogen-bond donors (Lipinski definition) is 1. The smallest absolute Gasteiger partial charge is 0.0374 e. The van der Waals surface area contributed by atoms with Crippen LogP contribution >= 0.6 is 11.8 Å². The van der Waals surface area contributed by atoms with Gasteiger partial charge >= 0.3 is 0 Å². The lowest BCUT2D eigenvalue weighted by molar-refractivity contribution is 0.650. The van der Waals surface area contributed by atoms with Gasteiger partial charge < -0.3 is 10.2 Å². The fourth-order valence-electron chi connectivity index (χ4n) is 2.07. The van der Waals surface area contributed by atoms with Crippen molar-refractivity contribution >= 4 is 17.4 Å². The Bertz CT molecular complexity index is 337. The third kappa shape index (κ3) is 3.92. The Morgan fingerprint density at radius 1 is 1.28 bits per heavy atom. The van der Waals surface area contributed by atoms with E-state index in [2.05, 4.69) is 61.6 Å². The molecule has 0 radical (unpaired) electrons. The summed E-state index contributed by atoms with van der Waals surface area (Å²) in [6.45, 7) is 4.44. The van der Waals surface area contributed by atoms with Crippen LogP contribution in [-0.4, -0.2) is 32.1 Å². The first kappa shape index (κ1) is 15.4. The van der Waals surface area contributed by atoms with E-state index in [1.807, 2.05) is 18.8 Å². The summed E-state index contributed by atoms with van der Waals surface area (Å²) >= 11 is 1.92. The van der Waals surface area contributed by atoms with E-state index in [1.54, 1.807) is 0 Å². The van der Waals surface area contributed by atoms with Gasteiger partial charge in [0.15, 0.2) is 0 Å². The quantitative estimate of drug-likeness (QED) is 0.812. The van der Waals surface area contributed by atoms with Crippen LogP contribution in [-0.2, 0) is 0 Å². The van der Waals surface area contributed by atoms with E-state index in [9.17, 15) is 0 Å². The predicted molar refractivity (Wildman–Crippen MR) is 84.8 cm³/mol. The second kappa shape index (κ2) is 7.70. The summed E-state index contributed by atoms with van der Waals surface area (Å²) in [6.07, 6.45) is 3.36. The average molecular weight is 266 g/mol. The zero-order valence-electron chi connectivity index (χ0n) is 12.2. The molecule has 0 saturated carbocycles. The molecule has 3 heteroatoms. The van der Waals surface area contributed by atoms with Gasteiger partial charge in [-0.2, -0.15) is 11.8 Å². The molecule has 0 spiro atoms. The maximum Gasteiger partial charge on any atom is 0.0374 e. The lowest BCUT2D eigenvalue weighted by Crippen LogP contribution is -2.33. The second-order valence-electron chi connectivity index (χ2n) is 4.73. The minimum absolute atomic E-state index is 0.414. The van der Waals surface area contributed by atoms with Crippen molar-refractivity contribution in [1.82, 2.24) is 5.32 Å². The summed E-state index contributed by atoms with van der Waals surface area (Å²) in [5, 5.41) is 3.27. The van der Waals surface area contributed by atoms with E-state index in [0.717, 1.165) is 0 Å². The van der Waals surface area contributed by atoms with Gasteiger partial charge in [-0.15, -0.1) is 0 Å². The van der Waals surface area contributed by atoms with Gasteiger partial charge in [-0.25, -0.2) is 0 Å². The molecule has 0 fully saturated rings. The Hall–Kier alpha value is -0.670. The van der Waals surface area contributed by atoms with Crippen molar-refractivity contribution in [3.63, 3.8) is 0 Å². The number of nitrogens with zero attached hydrogens (tertiary/aromatic N) is 1. The van der Waals surface area contributed by atoms with E-state index in [0.29, 0.717) is 12.1 Å². The molecule has 0 bridgehead atoms. The fourth-order valence-corrected chi connectivity index (χ4v) is 2.92. The molecule has 0 aromatic heterocycles. The van der Waals surface area contributed by atoms with Crippen LogP contribution in [0.5, 0.6) is 0 Å². The van der Waals surface area contributed by atoms with Crippen LogP contribution in [0, 0.1) is 0 Å². The standard InChI is InChI=1S/C15H26N2S/c1-6-14(11-18-5)17(4)15-9-7-13(8-10-15)12(2)16-3/h7-10,12,14,16H,6,11H2,1-5H3. The molecule has 1 rings (SSSR count). The highest BCUT2D eigenvalue weighted by Gasteiger charge is 2.13. The van der Waals surface area contributed by atoms with Crippen molar-refractivity contribution in [3.05, 3.63) is 29.8 Å². The van der Waals surface area contributed by atoms with Crippen molar-refractivity contribution in [2.75, 3.05) is 31.0 Å². The number of rotatable bonds is 7. The summed E-state index contributed by atoms with van der Waals surface area (Å²) in [5.41, 5.74) is 2.65. The molecule has 0 saturated heterocycles. The highest BCUT2D eigenvalue weighted by Crippen LogP contribution is 2.21. The molecule has 2 nitrogen and oxygen atoms in total. The van der Waals surface area contributed by atoms with Gasteiger partial charge in [0.2, 0.25) is 0 Å². The van der Waals surface area contributed by atoms with Crippen LogP contribution in [0.3, 0.4) is 0 Å². The molecular weight excluding hydrogens is 240 g/mol. The Balaban J connectivity index is 2.77. The minimum Gasteiger partial charge on any atom is -0.371 e. The maximum absolute atomic E-state index is 3.27. The molecule has 0 aliphatic rings. The van der Waals surface area contributed by atoms with Crippen molar-refractivity contribution < 1.29 is 0 Å². The topological polar surface area (TPSA) is 15.3 Å². The molecule has 1 aromatic carbocycles. The lowest BCUT2D eigenvalue weighted by Gasteiger charge is -2.29. The average Bonchev–Trinajstić information content (AvgIpc) is 2.43. The zero-order valence-corrected chi connectivity index (χ0v) is 13.1. The van der Waals surface area contributed by atoms with Gasteiger partial charge in [0, 0.05) is 30.6 Å². The van der Waals surface area contributed by atoms with Gasteiger partial charge in [-0.1, -0.05) is 19.1 Å². The summed E-state index contributed by atoms with van der Waals surface area (Å²) in [7, 11) is 4.19. The molecule has 2 unspecified atom stereocenters. The number of thioether (sulfide) groups is 1. The first-order chi connectivity index (χ1) is 8.63. The van der Waals surface area contributed by atoms with E-state index in [4.69, 9.17) is 0 Å². The summed E-state index contributed by atoms with van der Waals surface area (Å²) in [4.78, 5) is 2.39. The molecule has 2 atom stereocenters. The van der Waals surface area contributed by atoms with Crippen LogP contribution < -0.4 is 10.2 Å². The molecule has 1 aromatic rings. The Kier molecular flexibility index (Phi) is 6.58. The first-order valence-electron chi connectivity index (χ1n) is 6.63. The van der Waals surface area contributed by atoms with Gasteiger partial charge in [0.1, 0.15) is 0 Å². The molecular formula is C15H26N2S. The van der Waals surface area contributed by atoms with Crippen LogP contribution in [0.25, 0.3) is 0 Å². The summed E-state index contributed by atoms with van der Waals surface area (Å²) in [6, 6.07) is 9.93. The van der Waals surface area contributed by atoms with E-state index >= 15 is 0 Å². The largest absolute Gasteiger partial charge is 0.371 e. The van der Waals surface area contributed by atoms with Crippen molar-refractivity contribution in [2.24, 2.45) is 0 Å². The van der Waals surface area contributed by atoms with Crippen molar-refractivity contribution in [1.29, 1.82) is 0 Å². The van der Waals surface area contributed by atoms with Crippen molar-refractivity contribution in [2.45, 2.75) is 32.4 Å². The Labute approximate surface area is 116 Å². The molecule has 18 heavy (non-hydrogen) atoms. The van der Waals surface area contributed by atoms with Crippen molar-refractivity contribution in [3.8, 4) is 0 Å². The summed E-state index contributed by atoms with van der Waals surface area (Å²) in [5.74, 6) is 1.18. The highest BCUT2D eigenvalue weighted by atomic mass is 32.2. The number of nitrogens with one attached hydrogen (secondary N) is 1. The van der Waals surface area contributed by atoms with Gasteiger partial charge in [-0.3, -0.25) is 0 Å². The van der Waals surface area contributed by atoms with E-state index < -0.39 is 0 Å². The monoisotopic (exact) mass is 266 g/mol. The van der Waals surface area contributed by atoms with E-state index in [-0.39, 0.29) is 0 Å². The second-order valence-corrected chi connectivity index (χ2v) is 5.64. The van der Waals surface area contributed by atoms with Crippen LogP contribution in [0.4, 0.5) is 5.69 Å². The number of anilines is 1. The minimum atomic E-state index is 0.414. The number of benzene rings is 1. The number of hydrogen-bond acceptors (Lipinski definition) is 3. The molecule has 102 valence electrons. The first-order valence-corrected chi connectivity index (χ1v) is 8.02. The third-order valence-electron chi connectivity index (χ3n) is 3.61. The van der Waals surface area contributed by atoms with Crippen LogP contribution in [0.15, 0.2) is 24.3 Å². The lowest BCUT2D eigenvalue weighted by atomic mass is 10.1. The zero-order chi connectivity index (χ0) is 13.5. The molecule has 1 N–H and O–H groups in total. The SMILES string of the molecule is CCC(CSC)N(C)c1ccc(C(C)NC)cc1. The van der Waals surface area contributed by atoms with Crippen LogP contribution in [0.1, 0.15) is 31.9 Å². The summed E-state index contributed by atoms with van der Waals surface area (Å²) < 4.78 is 0. The molecule has 0 amide bonds. The molecule has 0 heterocycles. The maximum atomic E-state index is 3.27. The molecule has 0 aliphatic carbocycles. The van der Waals surface area contributed by atoms with Gasteiger partial charge in [-0.05, 0) is 44.3 Å². The highest BCUT2D eigenvalue weighted by molar-refractivity contribution is 7.98. The van der Waals surface area contributed by atoms with E-state index in [1.165, 1.54) is 23.4 Å². The Morgan fingerprint density at radius 2 is 1.89 bits per heavy atom. The van der Waals surface area contributed by atoms with Gasteiger partial charge in [0.25, 0.3) is 0 Å². The Morgan fingerprint density at radius 3 is 2.33 bits per heavy atom. The third-order valence-corrected chi connectivity index (χ3v) is 4.33. The fraction of sp³-hybridized carbons (Fsp3) is 0.600. The molecule has 0 aliphatic heterocycles.